The molecule has 4 aromatic rings. The maximum atomic E-state index is 5.80. The van der Waals surface area contributed by atoms with Crippen LogP contribution in [-0.2, 0) is 0 Å². The Bertz CT molecular complexity index is 1640. The highest BCUT2D eigenvalue weighted by atomic mass is 16.5. The fraction of sp³-hybridized carbons (Fsp3) is 0.450. The number of hydrogen-bond donors (Lipinski definition) is 0. The van der Waals surface area contributed by atoms with Crippen LogP contribution in [0.15, 0.2) is 86.2 Å². The molecule has 6 aliphatic rings. The first-order valence-corrected chi connectivity index (χ1v) is 17.2. The predicted octanol–water partition coefficient (Wildman–Crippen LogP) is 7.46. The van der Waals surface area contributed by atoms with Crippen molar-refractivity contribution in [2.24, 2.45) is 23.7 Å². The van der Waals surface area contributed by atoms with Crippen molar-refractivity contribution in [2.45, 2.75) is 49.6 Å². The second kappa shape index (κ2) is 12.1. The Morgan fingerprint density at radius 1 is 0.696 bits per heavy atom. The average molecular weight is 615 g/mol. The third-order valence-electron chi connectivity index (χ3n) is 12.2. The summed E-state index contributed by atoms with van der Waals surface area (Å²) in [5, 5.41) is 2.41. The molecule has 8 heterocycles. The van der Waals surface area contributed by atoms with E-state index in [1.165, 1.54) is 47.6 Å². The highest BCUT2D eigenvalue weighted by molar-refractivity contribution is 5.86. The molecule has 2 aromatic carbocycles. The van der Waals surface area contributed by atoms with Gasteiger partial charge >= 0.3 is 0 Å². The Morgan fingerprint density at radius 2 is 1.15 bits per heavy atom. The SMILES string of the molecule is C=C[C@H]1CN2CC[C@H]1C[C@H]2[C@@H](c1ccnc2ccc(OC)cc12)[C@H](c1ccnc2ccc(OC)cc12)[C@@H]1C[C@@H]2CCN1C[C@@H]2C=C. The van der Waals surface area contributed by atoms with Crippen molar-refractivity contribution in [1.82, 2.24) is 19.8 Å². The molecule has 0 N–H and O–H groups in total. The lowest BCUT2D eigenvalue weighted by atomic mass is 9.62. The zero-order valence-corrected chi connectivity index (χ0v) is 27.2. The number of ether oxygens (including phenoxy) is 2. The van der Waals surface area contributed by atoms with E-state index < -0.39 is 0 Å². The fourth-order valence-corrected chi connectivity index (χ4v) is 9.91. The normalized spacial score (nSPS) is 31.4. The molecule has 4 bridgehead atoms. The Hall–Kier alpha value is -3.74. The number of fused-ring (bicyclic) bond motifs is 8. The zero-order chi connectivity index (χ0) is 31.4. The van der Waals surface area contributed by atoms with E-state index in [1.54, 1.807) is 14.2 Å². The minimum Gasteiger partial charge on any atom is -0.497 e. The number of methoxy groups -OCH3 is 2. The van der Waals surface area contributed by atoms with Gasteiger partial charge in [-0.15, -0.1) is 13.2 Å². The fourth-order valence-electron chi connectivity index (χ4n) is 9.91. The zero-order valence-electron chi connectivity index (χ0n) is 27.2. The van der Waals surface area contributed by atoms with Gasteiger partial charge in [0.05, 0.1) is 25.3 Å². The number of piperidine rings is 6. The van der Waals surface area contributed by atoms with E-state index in [1.807, 2.05) is 24.5 Å². The van der Waals surface area contributed by atoms with Crippen molar-refractivity contribution in [1.29, 1.82) is 0 Å². The van der Waals surface area contributed by atoms with Crippen LogP contribution in [0.1, 0.15) is 48.6 Å². The van der Waals surface area contributed by atoms with Gasteiger partial charge in [0.2, 0.25) is 0 Å². The van der Waals surface area contributed by atoms with Gasteiger partial charge < -0.3 is 9.47 Å². The van der Waals surface area contributed by atoms with Crippen LogP contribution < -0.4 is 9.47 Å². The molecule has 6 heteroatoms. The third-order valence-corrected chi connectivity index (χ3v) is 12.2. The quantitative estimate of drug-likeness (QED) is 0.183. The van der Waals surface area contributed by atoms with Crippen LogP contribution >= 0.6 is 0 Å². The van der Waals surface area contributed by atoms with E-state index in [9.17, 15) is 0 Å². The van der Waals surface area contributed by atoms with E-state index >= 15 is 0 Å². The number of rotatable bonds is 9. The Kier molecular flexibility index (Phi) is 7.82. The third kappa shape index (κ3) is 4.92. The average Bonchev–Trinajstić information content (AvgIpc) is 3.13. The smallest absolute Gasteiger partial charge is 0.119 e. The maximum Gasteiger partial charge on any atom is 0.119 e. The molecule has 238 valence electrons. The summed E-state index contributed by atoms with van der Waals surface area (Å²) in [7, 11) is 3.52. The van der Waals surface area contributed by atoms with Gasteiger partial charge in [-0.2, -0.15) is 0 Å². The molecule has 0 amide bonds. The van der Waals surface area contributed by atoms with Gasteiger partial charge in [0.1, 0.15) is 11.5 Å². The largest absolute Gasteiger partial charge is 0.497 e. The second-order valence-corrected chi connectivity index (χ2v) is 14.1. The highest BCUT2D eigenvalue weighted by Crippen LogP contribution is 2.54. The van der Waals surface area contributed by atoms with Crippen LogP contribution in [0.2, 0.25) is 0 Å². The highest BCUT2D eigenvalue weighted by Gasteiger charge is 2.51. The van der Waals surface area contributed by atoms with Crippen molar-refractivity contribution in [3.8, 4) is 11.5 Å². The lowest BCUT2D eigenvalue weighted by Crippen LogP contribution is -2.59. The van der Waals surface area contributed by atoms with Crippen LogP contribution in [0.3, 0.4) is 0 Å². The van der Waals surface area contributed by atoms with Crippen molar-refractivity contribution >= 4 is 21.8 Å². The van der Waals surface area contributed by atoms with E-state index in [2.05, 4.69) is 71.5 Å². The molecule has 0 radical (unpaired) electrons. The Morgan fingerprint density at radius 3 is 1.52 bits per heavy atom. The van der Waals surface area contributed by atoms with Crippen LogP contribution in [0.5, 0.6) is 11.5 Å². The summed E-state index contributed by atoms with van der Waals surface area (Å²) in [4.78, 5) is 15.3. The van der Waals surface area contributed by atoms with Gasteiger partial charge in [-0.05, 0) is 122 Å². The van der Waals surface area contributed by atoms with Crippen LogP contribution in [-0.4, -0.2) is 72.3 Å². The lowest BCUT2D eigenvalue weighted by molar-refractivity contribution is -0.0280. The molecule has 2 aromatic heterocycles. The number of aromatic nitrogens is 2. The molecule has 2 unspecified atom stereocenters. The first-order chi connectivity index (χ1) is 22.6. The summed E-state index contributed by atoms with van der Waals surface area (Å²) in [5.41, 5.74) is 4.83. The molecule has 0 spiro atoms. The summed E-state index contributed by atoms with van der Waals surface area (Å²) >= 11 is 0. The number of nitrogens with zero attached hydrogens (tertiary/aromatic N) is 4. The molecular formula is C40H46N4O2. The first kappa shape index (κ1) is 29.6. The van der Waals surface area contributed by atoms with E-state index in [-0.39, 0.29) is 11.8 Å². The van der Waals surface area contributed by atoms with Crippen LogP contribution in [0.4, 0.5) is 0 Å². The Balaban J connectivity index is 1.38. The maximum absolute atomic E-state index is 5.80. The standard InChI is InChI=1S/C40H46N4O2/c1-5-25-23-43-17-13-27(25)19-37(43)39(31-11-15-41-35-9-7-29(45-3)21-33(31)35)40(38-20-28-14-18-44(38)24-26(28)6-2)32-12-16-42-36-10-8-30(46-4)22-34(32)36/h5-12,15-16,21-22,25-28,37-40H,1-2,13-14,17-20,23-24H2,3-4H3/t25-,26-,27-,28-,37-,38-,39+,40+/m0/s1. The monoisotopic (exact) mass is 614 g/mol. The van der Waals surface area contributed by atoms with Gasteiger partial charge in [-0.1, -0.05) is 12.2 Å². The summed E-state index contributed by atoms with van der Waals surface area (Å²) in [5.74, 6) is 4.70. The minimum absolute atomic E-state index is 0.245. The molecule has 10 atom stereocenters. The van der Waals surface area contributed by atoms with E-state index in [0.29, 0.717) is 35.8 Å². The van der Waals surface area contributed by atoms with Crippen molar-refractivity contribution in [3.05, 3.63) is 97.4 Å². The number of pyridine rings is 2. The number of hydrogen-bond acceptors (Lipinski definition) is 6. The van der Waals surface area contributed by atoms with Crippen molar-refractivity contribution in [3.63, 3.8) is 0 Å². The van der Waals surface area contributed by atoms with Gasteiger partial charge in [0.15, 0.2) is 0 Å². The molecule has 0 aliphatic carbocycles. The van der Waals surface area contributed by atoms with Crippen LogP contribution in [0, 0.1) is 23.7 Å². The lowest BCUT2D eigenvalue weighted by Gasteiger charge is -2.57. The van der Waals surface area contributed by atoms with Gasteiger partial charge in [-0.25, -0.2) is 0 Å². The van der Waals surface area contributed by atoms with Crippen molar-refractivity contribution in [2.75, 3.05) is 40.4 Å². The Labute approximate surface area is 273 Å². The predicted molar refractivity (Wildman–Crippen MR) is 186 cm³/mol. The molecule has 0 saturated carbocycles. The second-order valence-electron chi connectivity index (χ2n) is 14.1. The van der Waals surface area contributed by atoms with Crippen LogP contribution in [0.25, 0.3) is 21.8 Å². The molecule has 6 nitrogen and oxygen atoms in total. The summed E-state index contributed by atoms with van der Waals surface area (Å²) < 4.78 is 11.6. The van der Waals surface area contributed by atoms with Crippen molar-refractivity contribution < 1.29 is 9.47 Å². The molecular weight excluding hydrogens is 568 g/mol. The first-order valence-electron chi connectivity index (χ1n) is 17.2. The molecule has 6 aliphatic heterocycles. The van der Waals surface area contributed by atoms with Gasteiger partial charge in [0, 0.05) is 60.2 Å². The summed E-state index contributed by atoms with van der Waals surface area (Å²) in [6.45, 7) is 13.0. The molecule has 46 heavy (non-hydrogen) atoms. The van der Waals surface area contributed by atoms with E-state index in [0.717, 1.165) is 48.7 Å². The molecule has 10 rings (SSSR count). The molecule has 6 fully saturated rings. The van der Waals surface area contributed by atoms with Gasteiger partial charge in [-0.3, -0.25) is 19.8 Å². The number of benzene rings is 2. The topological polar surface area (TPSA) is 50.7 Å². The van der Waals surface area contributed by atoms with Gasteiger partial charge in [0.25, 0.3) is 0 Å². The summed E-state index contributed by atoms with van der Waals surface area (Å²) in [6, 6.07) is 18.2. The molecule has 6 saturated heterocycles. The minimum atomic E-state index is 0.245. The summed E-state index contributed by atoms with van der Waals surface area (Å²) in [6.07, 6.45) is 13.4. The van der Waals surface area contributed by atoms with E-state index in [4.69, 9.17) is 19.4 Å².